The van der Waals surface area contributed by atoms with Gasteiger partial charge < -0.3 is 10.1 Å². The van der Waals surface area contributed by atoms with E-state index >= 15 is 0 Å². The molecular formula is C17H14BrN3O3. The smallest absolute Gasteiger partial charge is 0.271 e. The van der Waals surface area contributed by atoms with Gasteiger partial charge in [-0.15, -0.1) is 0 Å². The van der Waals surface area contributed by atoms with E-state index in [1.807, 2.05) is 36.4 Å². The van der Waals surface area contributed by atoms with Gasteiger partial charge in [0.1, 0.15) is 11.6 Å². The number of fused-ring (bicyclic) bond motifs is 1. The van der Waals surface area contributed by atoms with Gasteiger partial charge in [0.05, 0.1) is 22.0 Å². The molecule has 7 heteroatoms. The largest absolute Gasteiger partial charge is 0.497 e. The molecule has 2 aromatic carbocycles. The van der Waals surface area contributed by atoms with Crippen LogP contribution in [0.25, 0.3) is 10.9 Å². The number of nitrogens with zero attached hydrogens (tertiary/aromatic N) is 2. The lowest BCUT2D eigenvalue weighted by molar-refractivity contribution is -0.384. The van der Waals surface area contributed by atoms with Crippen LogP contribution in [-0.2, 0) is 6.54 Å². The summed E-state index contributed by atoms with van der Waals surface area (Å²) >= 11 is 3.35. The number of non-ortho nitro benzene ring substituents is 1. The van der Waals surface area contributed by atoms with Crippen molar-refractivity contribution in [2.75, 3.05) is 12.4 Å². The Labute approximate surface area is 146 Å². The number of hydrogen-bond acceptors (Lipinski definition) is 5. The van der Waals surface area contributed by atoms with Crippen molar-refractivity contribution in [3.05, 3.63) is 68.7 Å². The highest BCUT2D eigenvalue weighted by Crippen LogP contribution is 2.29. The average Bonchev–Trinajstić information content (AvgIpc) is 2.60. The van der Waals surface area contributed by atoms with E-state index in [1.165, 1.54) is 12.1 Å². The Hall–Kier alpha value is -2.67. The summed E-state index contributed by atoms with van der Waals surface area (Å²) in [5.74, 6) is 1.51. The third kappa shape index (κ3) is 3.46. The molecule has 3 rings (SSSR count). The molecule has 122 valence electrons. The number of methoxy groups -OCH3 is 1. The highest BCUT2D eigenvalue weighted by molar-refractivity contribution is 9.10. The normalized spacial score (nSPS) is 10.6. The van der Waals surface area contributed by atoms with Crippen LogP contribution in [0.4, 0.5) is 11.5 Å². The molecule has 1 aromatic heterocycles. The van der Waals surface area contributed by atoms with Crippen molar-refractivity contribution in [2.24, 2.45) is 0 Å². The van der Waals surface area contributed by atoms with Gasteiger partial charge in [-0.2, -0.15) is 0 Å². The lowest BCUT2D eigenvalue weighted by Crippen LogP contribution is -2.01. The highest BCUT2D eigenvalue weighted by Gasteiger charge is 2.11. The number of pyridine rings is 1. The first kappa shape index (κ1) is 16.2. The molecule has 0 bridgehead atoms. The van der Waals surface area contributed by atoms with Crippen molar-refractivity contribution < 1.29 is 9.66 Å². The first-order valence-corrected chi connectivity index (χ1v) is 7.97. The highest BCUT2D eigenvalue weighted by atomic mass is 79.9. The summed E-state index contributed by atoms with van der Waals surface area (Å²) < 4.78 is 5.73. The van der Waals surface area contributed by atoms with Gasteiger partial charge in [0, 0.05) is 24.1 Å². The Morgan fingerprint density at radius 2 is 1.96 bits per heavy atom. The Morgan fingerprint density at radius 3 is 2.62 bits per heavy atom. The fraction of sp³-hybridized carbons (Fsp3) is 0.118. The summed E-state index contributed by atoms with van der Waals surface area (Å²) in [5.41, 5.74) is 1.82. The monoisotopic (exact) mass is 387 g/mol. The van der Waals surface area contributed by atoms with E-state index in [0.717, 1.165) is 11.3 Å². The van der Waals surface area contributed by atoms with Gasteiger partial charge >= 0.3 is 0 Å². The lowest BCUT2D eigenvalue weighted by atomic mass is 10.2. The molecule has 0 unspecified atom stereocenters. The van der Waals surface area contributed by atoms with Crippen LogP contribution < -0.4 is 10.1 Å². The van der Waals surface area contributed by atoms with Gasteiger partial charge in [0.2, 0.25) is 0 Å². The van der Waals surface area contributed by atoms with Gasteiger partial charge in [-0.05, 0) is 45.8 Å². The van der Waals surface area contributed by atoms with Crippen LogP contribution in [0.2, 0.25) is 0 Å². The van der Waals surface area contributed by atoms with E-state index in [0.29, 0.717) is 27.7 Å². The third-order valence-electron chi connectivity index (χ3n) is 3.57. The predicted octanol–water partition coefficient (Wildman–Crippen LogP) is 4.53. The number of nitro benzene ring substituents is 1. The molecule has 3 aromatic rings. The van der Waals surface area contributed by atoms with Crippen molar-refractivity contribution in [1.82, 2.24) is 4.98 Å². The molecular weight excluding hydrogens is 374 g/mol. The number of benzene rings is 2. The minimum atomic E-state index is -0.417. The van der Waals surface area contributed by atoms with E-state index in [1.54, 1.807) is 7.11 Å². The fourth-order valence-electron chi connectivity index (χ4n) is 2.32. The molecule has 0 fully saturated rings. The minimum Gasteiger partial charge on any atom is -0.497 e. The van der Waals surface area contributed by atoms with Crippen molar-refractivity contribution in [1.29, 1.82) is 0 Å². The van der Waals surface area contributed by atoms with Crippen molar-refractivity contribution in [2.45, 2.75) is 6.54 Å². The van der Waals surface area contributed by atoms with E-state index in [4.69, 9.17) is 4.74 Å². The third-order valence-corrected chi connectivity index (χ3v) is 4.18. The van der Waals surface area contributed by atoms with Gasteiger partial charge in [0.15, 0.2) is 0 Å². The molecule has 0 amide bonds. The minimum absolute atomic E-state index is 0.0371. The van der Waals surface area contributed by atoms with Crippen LogP contribution in [0.5, 0.6) is 5.75 Å². The lowest BCUT2D eigenvalue weighted by Gasteiger charge is -2.08. The molecule has 0 aliphatic rings. The van der Waals surface area contributed by atoms with Crippen LogP contribution in [0.1, 0.15) is 5.56 Å². The van der Waals surface area contributed by atoms with Crippen LogP contribution in [0.15, 0.2) is 53.0 Å². The van der Waals surface area contributed by atoms with E-state index in [9.17, 15) is 10.1 Å². The Bertz CT molecular complexity index is 897. The van der Waals surface area contributed by atoms with Crippen LogP contribution >= 0.6 is 15.9 Å². The van der Waals surface area contributed by atoms with E-state index in [2.05, 4.69) is 26.2 Å². The van der Waals surface area contributed by atoms with E-state index < -0.39 is 4.92 Å². The number of ether oxygens (including phenoxy) is 1. The number of rotatable bonds is 5. The second kappa shape index (κ2) is 6.84. The van der Waals surface area contributed by atoms with E-state index in [-0.39, 0.29) is 5.69 Å². The SMILES string of the molecule is COc1ccc(CNc2ccc3cc([N+](=O)[O-])cc(Br)c3n2)cc1. The topological polar surface area (TPSA) is 77.3 Å². The fourth-order valence-corrected chi connectivity index (χ4v) is 2.87. The van der Waals surface area contributed by atoms with Gasteiger partial charge in [-0.1, -0.05) is 12.1 Å². The standard InChI is InChI=1S/C17H14BrN3O3/c1-24-14-5-2-11(3-6-14)10-19-16-7-4-12-8-13(21(22)23)9-15(18)17(12)20-16/h2-9H,10H2,1H3,(H,19,20). The Balaban J connectivity index is 1.81. The Kier molecular flexibility index (Phi) is 4.61. The van der Waals surface area contributed by atoms with Gasteiger partial charge in [-0.3, -0.25) is 10.1 Å². The van der Waals surface area contributed by atoms with Crippen LogP contribution in [0, 0.1) is 10.1 Å². The maximum Gasteiger partial charge on any atom is 0.271 e. The summed E-state index contributed by atoms with van der Waals surface area (Å²) in [6.45, 7) is 0.618. The molecule has 0 saturated carbocycles. The average molecular weight is 388 g/mol. The molecule has 0 saturated heterocycles. The number of anilines is 1. The van der Waals surface area contributed by atoms with Crippen molar-refractivity contribution >= 4 is 38.3 Å². The van der Waals surface area contributed by atoms with Crippen LogP contribution in [-0.4, -0.2) is 17.0 Å². The molecule has 0 atom stereocenters. The predicted molar refractivity (Wildman–Crippen MR) is 96.4 cm³/mol. The molecule has 1 N–H and O–H groups in total. The van der Waals surface area contributed by atoms with Crippen molar-refractivity contribution in [3.63, 3.8) is 0 Å². The quantitative estimate of drug-likeness (QED) is 0.514. The van der Waals surface area contributed by atoms with Gasteiger partial charge in [-0.25, -0.2) is 4.98 Å². The first-order chi connectivity index (χ1) is 11.6. The second-order valence-corrected chi connectivity index (χ2v) is 6.01. The number of halogens is 1. The first-order valence-electron chi connectivity index (χ1n) is 7.18. The summed E-state index contributed by atoms with van der Waals surface area (Å²) in [7, 11) is 1.63. The zero-order valence-corrected chi connectivity index (χ0v) is 14.4. The molecule has 0 spiro atoms. The second-order valence-electron chi connectivity index (χ2n) is 5.15. The molecule has 1 heterocycles. The molecule has 0 aliphatic carbocycles. The number of nitrogens with one attached hydrogen (secondary N) is 1. The summed E-state index contributed by atoms with van der Waals surface area (Å²) in [5, 5.41) is 14.9. The van der Waals surface area contributed by atoms with Crippen LogP contribution in [0.3, 0.4) is 0 Å². The molecule has 24 heavy (non-hydrogen) atoms. The van der Waals surface area contributed by atoms with Gasteiger partial charge in [0.25, 0.3) is 5.69 Å². The summed E-state index contributed by atoms with van der Waals surface area (Å²) in [4.78, 5) is 15.0. The summed E-state index contributed by atoms with van der Waals surface area (Å²) in [6, 6.07) is 14.4. The number of hydrogen-bond donors (Lipinski definition) is 1. The zero-order valence-electron chi connectivity index (χ0n) is 12.8. The summed E-state index contributed by atoms with van der Waals surface area (Å²) in [6.07, 6.45) is 0. The van der Waals surface area contributed by atoms with Crippen molar-refractivity contribution in [3.8, 4) is 5.75 Å². The number of aromatic nitrogens is 1. The molecule has 0 aliphatic heterocycles. The maximum absolute atomic E-state index is 10.9. The Morgan fingerprint density at radius 1 is 1.21 bits per heavy atom. The maximum atomic E-state index is 10.9. The number of nitro groups is 1. The molecule has 0 radical (unpaired) electrons. The zero-order chi connectivity index (χ0) is 17.1. The molecule has 6 nitrogen and oxygen atoms in total.